The number of carboxylic acid groups (broad SMARTS) is 2. The zero-order valence-electron chi connectivity index (χ0n) is 26.3. The van der Waals surface area contributed by atoms with Gasteiger partial charge in [-0.25, -0.2) is 0 Å². The maximum absolute atomic E-state index is 13.0. The van der Waals surface area contributed by atoms with Crippen LogP contribution < -0.4 is 0 Å². The quantitative estimate of drug-likeness (QED) is 0.0561. The van der Waals surface area contributed by atoms with Crippen molar-refractivity contribution in [3.05, 3.63) is 0 Å². The van der Waals surface area contributed by atoms with Crippen LogP contribution in [0.1, 0.15) is 12.8 Å². The molecular weight excluding hydrogens is 716 g/mol. The SMILES string of the molecule is O=C(O)CC(C(=O)OCCOCCOCCOCCOC1OCCOCCOCCOCCOC(=O)C1(CC(=O)O)S(=O)(=O)O)S(=O)(=O)O. The molecule has 1 heterocycles. The smallest absolute Gasteiger partial charge is 0.336 e. The fraction of sp³-hybridized carbons (Fsp3) is 0.840. The molecule has 1 saturated heterocycles. The molecule has 1 aliphatic heterocycles. The van der Waals surface area contributed by atoms with E-state index in [1.165, 1.54) is 0 Å². The van der Waals surface area contributed by atoms with Crippen LogP contribution in [0.4, 0.5) is 0 Å². The van der Waals surface area contributed by atoms with Crippen molar-refractivity contribution in [1.82, 2.24) is 0 Å². The standard InChI is InChI=1S/C25H42O22S2/c26-20(27)17-19(48(32,33)34)22(30)44-13-9-40-5-1-38-3-7-42-11-15-46-24-25(18-21(28)29,49(35,36)37)23(31)45-14-10-41-6-2-39-4-8-43-12-16-47-24/h19,24H,1-18H2,(H,26,27)(H,28,29)(H,32,33,34)(H,35,36,37). The minimum Gasteiger partial charge on any atom is -0.481 e. The second kappa shape index (κ2) is 23.7. The second-order valence-electron chi connectivity index (χ2n) is 9.59. The molecular formula is C25H42O22S2. The molecule has 0 aromatic heterocycles. The molecule has 0 aliphatic carbocycles. The van der Waals surface area contributed by atoms with Gasteiger partial charge in [0, 0.05) is 0 Å². The molecule has 24 heteroatoms. The summed E-state index contributed by atoms with van der Waals surface area (Å²) in [5.41, 5.74) is 0. The normalized spacial score (nSPS) is 21.3. The van der Waals surface area contributed by atoms with Crippen molar-refractivity contribution < 1.29 is 103 Å². The first-order chi connectivity index (χ1) is 23.1. The van der Waals surface area contributed by atoms with Gasteiger partial charge in [-0.15, -0.1) is 0 Å². The van der Waals surface area contributed by atoms with Crippen LogP contribution in [-0.4, -0.2) is 182 Å². The predicted octanol–water partition coefficient (Wildman–Crippen LogP) is -2.62. The van der Waals surface area contributed by atoms with E-state index in [9.17, 15) is 45.7 Å². The Hall–Kier alpha value is -2.62. The lowest BCUT2D eigenvalue weighted by Crippen LogP contribution is -2.59. The molecule has 0 bridgehead atoms. The minimum absolute atomic E-state index is 0.00318. The topological polar surface area (TPSA) is 310 Å². The van der Waals surface area contributed by atoms with Gasteiger partial charge in [0.2, 0.25) is 0 Å². The highest BCUT2D eigenvalue weighted by molar-refractivity contribution is 7.88. The number of carbonyl (C=O) groups is 4. The van der Waals surface area contributed by atoms with E-state index in [4.69, 9.17) is 52.3 Å². The van der Waals surface area contributed by atoms with E-state index < -0.39 is 93.1 Å². The predicted molar refractivity (Wildman–Crippen MR) is 157 cm³/mol. The molecule has 3 atom stereocenters. The van der Waals surface area contributed by atoms with Gasteiger partial charge in [0.05, 0.1) is 105 Å². The molecule has 22 nitrogen and oxygen atoms in total. The molecule has 3 unspecified atom stereocenters. The number of ether oxygens (including phenoxy) is 10. The minimum atomic E-state index is -5.54. The van der Waals surface area contributed by atoms with E-state index in [1.54, 1.807) is 0 Å². The van der Waals surface area contributed by atoms with Crippen molar-refractivity contribution in [1.29, 1.82) is 0 Å². The lowest BCUT2D eigenvalue weighted by molar-refractivity contribution is -0.197. The Morgan fingerprint density at radius 3 is 1.65 bits per heavy atom. The van der Waals surface area contributed by atoms with Crippen molar-refractivity contribution in [2.75, 3.05) is 106 Å². The first-order valence-electron chi connectivity index (χ1n) is 14.5. The van der Waals surface area contributed by atoms with Crippen LogP contribution in [0.3, 0.4) is 0 Å². The highest BCUT2D eigenvalue weighted by Gasteiger charge is 2.61. The molecule has 0 aromatic carbocycles. The molecule has 49 heavy (non-hydrogen) atoms. The number of hydrogen-bond donors (Lipinski definition) is 4. The third-order valence-corrected chi connectivity index (χ3v) is 8.50. The van der Waals surface area contributed by atoms with Crippen molar-refractivity contribution in [3.63, 3.8) is 0 Å². The Bertz CT molecular complexity index is 1220. The van der Waals surface area contributed by atoms with Crippen LogP contribution in [0.25, 0.3) is 0 Å². The lowest BCUT2D eigenvalue weighted by atomic mass is 10.0. The fourth-order valence-corrected chi connectivity index (χ4v) is 5.32. The van der Waals surface area contributed by atoms with Gasteiger partial charge in [0.1, 0.15) is 13.2 Å². The summed E-state index contributed by atoms with van der Waals surface area (Å²) in [7, 11) is -10.5. The molecule has 1 aliphatic rings. The third-order valence-electron chi connectivity index (χ3n) is 6.00. The fourth-order valence-electron chi connectivity index (χ4n) is 3.70. The third kappa shape index (κ3) is 17.7. The van der Waals surface area contributed by atoms with Crippen molar-refractivity contribution in [2.45, 2.75) is 29.1 Å². The van der Waals surface area contributed by atoms with Gasteiger partial charge in [0.15, 0.2) is 11.5 Å². The summed E-state index contributed by atoms with van der Waals surface area (Å²) in [4.78, 5) is 47.1. The van der Waals surface area contributed by atoms with E-state index in [0.29, 0.717) is 0 Å². The van der Waals surface area contributed by atoms with Crippen LogP contribution in [0.15, 0.2) is 0 Å². The maximum atomic E-state index is 13.0. The van der Waals surface area contributed by atoms with E-state index in [-0.39, 0.29) is 85.9 Å². The van der Waals surface area contributed by atoms with Crippen molar-refractivity contribution >= 4 is 44.1 Å². The summed E-state index contributed by atoms with van der Waals surface area (Å²) in [6.07, 6.45) is -4.83. The summed E-state index contributed by atoms with van der Waals surface area (Å²) >= 11 is 0. The Morgan fingerprint density at radius 2 is 1.18 bits per heavy atom. The van der Waals surface area contributed by atoms with Gasteiger partial charge in [-0.1, -0.05) is 0 Å². The van der Waals surface area contributed by atoms with Gasteiger partial charge in [-0.2, -0.15) is 16.8 Å². The molecule has 1 fully saturated rings. The number of aliphatic carboxylic acids is 2. The highest BCUT2D eigenvalue weighted by atomic mass is 32.2. The van der Waals surface area contributed by atoms with Crippen molar-refractivity contribution in [2.24, 2.45) is 0 Å². The average molecular weight is 759 g/mol. The monoisotopic (exact) mass is 758 g/mol. The van der Waals surface area contributed by atoms with Gasteiger partial charge in [-0.05, 0) is 0 Å². The number of hydrogen-bond acceptors (Lipinski definition) is 18. The molecule has 0 spiro atoms. The molecule has 4 N–H and O–H groups in total. The summed E-state index contributed by atoms with van der Waals surface area (Å²) in [6.45, 7) is -1.85. The van der Waals surface area contributed by atoms with Crippen LogP contribution in [0.5, 0.6) is 0 Å². The van der Waals surface area contributed by atoms with Gasteiger partial charge in [-0.3, -0.25) is 28.3 Å². The Labute approximate surface area is 281 Å². The number of rotatable bonds is 20. The van der Waals surface area contributed by atoms with Gasteiger partial charge >= 0.3 is 23.9 Å². The average Bonchev–Trinajstić information content (AvgIpc) is 3.00. The van der Waals surface area contributed by atoms with E-state index in [0.717, 1.165) is 0 Å². The number of esters is 2. The van der Waals surface area contributed by atoms with E-state index in [2.05, 4.69) is 4.74 Å². The van der Waals surface area contributed by atoms with Crippen LogP contribution in [0, 0.1) is 0 Å². The lowest BCUT2D eigenvalue weighted by Gasteiger charge is -2.34. The number of carboxylic acids is 2. The Morgan fingerprint density at radius 1 is 0.714 bits per heavy atom. The van der Waals surface area contributed by atoms with E-state index in [1.807, 2.05) is 0 Å². The van der Waals surface area contributed by atoms with Gasteiger partial charge in [0.25, 0.3) is 25.0 Å². The zero-order chi connectivity index (χ0) is 36.8. The Balaban J connectivity index is 2.57. The van der Waals surface area contributed by atoms with Gasteiger partial charge < -0.3 is 57.6 Å². The highest BCUT2D eigenvalue weighted by Crippen LogP contribution is 2.31. The molecule has 1 rings (SSSR count). The van der Waals surface area contributed by atoms with Crippen LogP contribution in [-0.2, 0) is 86.8 Å². The molecule has 0 aromatic rings. The van der Waals surface area contributed by atoms with Crippen molar-refractivity contribution in [3.8, 4) is 0 Å². The summed E-state index contributed by atoms with van der Waals surface area (Å²) in [5, 5.41) is 15.9. The second-order valence-corrected chi connectivity index (χ2v) is 12.9. The maximum Gasteiger partial charge on any atom is 0.336 e. The van der Waals surface area contributed by atoms with Crippen LogP contribution in [0.2, 0.25) is 0 Å². The number of cyclic esters (lactones) is 1. The Kier molecular flexibility index (Phi) is 21.5. The first-order valence-corrected chi connectivity index (χ1v) is 17.5. The molecule has 286 valence electrons. The van der Waals surface area contributed by atoms with E-state index >= 15 is 0 Å². The molecule has 0 radical (unpaired) electrons. The zero-order valence-corrected chi connectivity index (χ0v) is 28.0. The largest absolute Gasteiger partial charge is 0.481 e. The summed E-state index contributed by atoms with van der Waals surface area (Å²) in [6, 6.07) is 0. The first kappa shape index (κ1) is 44.4. The summed E-state index contributed by atoms with van der Waals surface area (Å²) < 4.78 is 115. The summed E-state index contributed by atoms with van der Waals surface area (Å²) in [5.74, 6) is -6.52. The molecule has 0 amide bonds. The molecule has 0 saturated carbocycles. The van der Waals surface area contributed by atoms with Crippen LogP contribution >= 0.6 is 0 Å². The number of carbonyl (C=O) groups excluding carboxylic acids is 2.